The van der Waals surface area contributed by atoms with Gasteiger partial charge in [-0.05, 0) is 18.6 Å². The van der Waals surface area contributed by atoms with Gasteiger partial charge in [0.2, 0.25) is 0 Å². The van der Waals surface area contributed by atoms with Gasteiger partial charge in [-0.25, -0.2) is 0 Å². The number of ether oxygens (including phenoxy) is 1. The normalized spacial score (nSPS) is 10.1. The van der Waals surface area contributed by atoms with Gasteiger partial charge in [-0.1, -0.05) is 30.3 Å². The summed E-state index contributed by atoms with van der Waals surface area (Å²) in [6, 6.07) is 13.1. The molecule has 0 aliphatic carbocycles. The lowest BCUT2D eigenvalue weighted by Gasteiger charge is -2.08. The Kier molecular flexibility index (Phi) is 4.10. The van der Waals surface area contributed by atoms with Crippen LogP contribution >= 0.6 is 0 Å². The largest absolute Gasteiger partial charge is 0.485 e. The summed E-state index contributed by atoms with van der Waals surface area (Å²) >= 11 is 0. The molecule has 0 atom stereocenters. The van der Waals surface area contributed by atoms with Crippen molar-refractivity contribution in [1.82, 2.24) is 0 Å². The van der Waals surface area contributed by atoms with Gasteiger partial charge in [0.1, 0.15) is 5.75 Å². The SMILES string of the molecule is Cc1cc([N+](=O)[O-])ccc1OCC(=O)c1ccccc1. The first-order valence-corrected chi connectivity index (χ1v) is 6.04. The molecule has 5 nitrogen and oxygen atoms in total. The fourth-order valence-electron chi connectivity index (χ4n) is 1.76. The zero-order valence-corrected chi connectivity index (χ0v) is 10.9. The van der Waals surface area contributed by atoms with E-state index in [4.69, 9.17) is 4.74 Å². The van der Waals surface area contributed by atoms with Crippen molar-refractivity contribution in [3.05, 3.63) is 69.8 Å². The highest BCUT2D eigenvalue weighted by molar-refractivity contribution is 5.97. The zero-order valence-electron chi connectivity index (χ0n) is 10.9. The summed E-state index contributed by atoms with van der Waals surface area (Å²) in [5, 5.41) is 10.6. The maximum absolute atomic E-state index is 11.9. The zero-order chi connectivity index (χ0) is 14.5. The Morgan fingerprint density at radius 3 is 2.50 bits per heavy atom. The Labute approximate surface area is 116 Å². The number of ketones is 1. The fraction of sp³-hybridized carbons (Fsp3) is 0.133. The third-order valence-electron chi connectivity index (χ3n) is 2.82. The van der Waals surface area contributed by atoms with Crippen molar-refractivity contribution >= 4 is 11.5 Å². The van der Waals surface area contributed by atoms with Gasteiger partial charge in [-0.15, -0.1) is 0 Å². The van der Waals surface area contributed by atoms with Gasteiger partial charge >= 0.3 is 0 Å². The Balaban J connectivity index is 2.04. The van der Waals surface area contributed by atoms with E-state index in [1.165, 1.54) is 18.2 Å². The second kappa shape index (κ2) is 5.97. The second-order valence-electron chi connectivity index (χ2n) is 4.28. The Bertz CT molecular complexity index is 638. The van der Waals surface area contributed by atoms with Gasteiger partial charge < -0.3 is 4.74 Å². The average Bonchev–Trinajstić information content (AvgIpc) is 2.46. The molecule has 0 saturated heterocycles. The van der Waals surface area contributed by atoms with Gasteiger partial charge in [0.05, 0.1) is 4.92 Å². The van der Waals surface area contributed by atoms with Crippen molar-refractivity contribution in [3.63, 3.8) is 0 Å². The minimum absolute atomic E-state index is 0.00392. The number of hydrogen-bond acceptors (Lipinski definition) is 4. The summed E-state index contributed by atoms with van der Waals surface area (Å²) in [4.78, 5) is 22.0. The molecule has 5 heteroatoms. The second-order valence-corrected chi connectivity index (χ2v) is 4.28. The highest BCUT2D eigenvalue weighted by Crippen LogP contribution is 2.23. The molecule has 0 bridgehead atoms. The van der Waals surface area contributed by atoms with Crippen LogP contribution in [0.4, 0.5) is 5.69 Å². The van der Waals surface area contributed by atoms with E-state index in [2.05, 4.69) is 0 Å². The van der Waals surface area contributed by atoms with Gasteiger partial charge in [-0.3, -0.25) is 14.9 Å². The van der Waals surface area contributed by atoms with E-state index in [0.717, 1.165) is 0 Å². The number of Topliss-reactive ketones (excluding diaryl/α,β-unsaturated/α-hetero) is 1. The molecule has 0 radical (unpaired) electrons. The Hall–Kier alpha value is -2.69. The van der Waals surface area contributed by atoms with Crippen molar-refractivity contribution in [2.24, 2.45) is 0 Å². The molecule has 2 aromatic rings. The average molecular weight is 271 g/mol. The molecule has 0 aliphatic rings. The molecule has 0 spiro atoms. The predicted molar refractivity (Wildman–Crippen MR) is 74.1 cm³/mol. The first-order valence-electron chi connectivity index (χ1n) is 6.04. The molecule has 0 saturated carbocycles. The number of carbonyl (C=O) groups excluding carboxylic acids is 1. The molecule has 20 heavy (non-hydrogen) atoms. The van der Waals surface area contributed by atoms with Crippen LogP contribution in [0.25, 0.3) is 0 Å². The molecule has 2 rings (SSSR count). The number of nitro benzene ring substituents is 1. The first kappa shape index (κ1) is 13.7. The molecule has 0 aromatic heterocycles. The number of aryl methyl sites for hydroxylation is 1. The van der Waals surface area contributed by atoms with Gasteiger partial charge in [-0.2, -0.15) is 0 Å². The van der Waals surface area contributed by atoms with Crippen molar-refractivity contribution < 1.29 is 14.5 Å². The van der Waals surface area contributed by atoms with Crippen LogP contribution in [0.1, 0.15) is 15.9 Å². The lowest BCUT2D eigenvalue weighted by molar-refractivity contribution is -0.384. The smallest absolute Gasteiger partial charge is 0.269 e. The van der Waals surface area contributed by atoms with Gasteiger partial charge in [0.15, 0.2) is 12.4 Å². The predicted octanol–water partition coefficient (Wildman–Crippen LogP) is 3.16. The summed E-state index contributed by atoms with van der Waals surface area (Å²) < 4.78 is 5.42. The van der Waals surface area contributed by atoms with E-state index < -0.39 is 4.92 Å². The number of benzene rings is 2. The monoisotopic (exact) mass is 271 g/mol. The maximum atomic E-state index is 11.9. The Morgan fingerprint density at radius 1 is 1.20 bits per heavy atom. The van der Waals surface area contributed by atoms with Crippen molar-refractivity contribution in [3.8, 4) is 5.75 Å². The van der Waals surface area contributed by atoms with Crippen molar-refractivity contribution in [2.45, 2.75) is 6.92 Å². The van der Waals surface area contributed by atoms with E-state index in [9.17, 15) is 14.9 Å². The lowest BCUT2D eigenvalue weighted by atomic mass is 10.1. The van der Waals surface area contributed by atoms with E-state index >= 15 is 0 Å². The number of nitro groups is 1. The summed E-state index contributed by atoms with van der Waals surface area (Å²) in [6.45, 7) is 1.61. The number of hydrogen-bond donors (Lipinski definition) is 0. The van der Waals surface area contributed by atoms with E-state index in [1.54, 1.807) is 31.2 Å². The van der Waals surface area contributed by atoms with E-state index in [-0.39, 0.29) is 18.1 Å². The molecule has 0 unspecified atom stereocenters. The molecule has 0 N–H and O–H groups in total. The quantitative estimate of drug-likeness (QED) is 0.476. The van der Waals surface area contributed by atoms with Crippen LogP contribution in [0.15, 0.2) is 48.5 Å². The number of carbonyl (C=O) groups is 1. The highest BCUT2D eigenvalue weighted by Gasteiger charge is 2.11. The third kappa shape index (κ3) is 3.20. The maximum Gasteiger partial charge on any atom is 0.269 e. The van der Waals surface area contributed by atoms with Crippen LogP contribution in [-0.4, -0.2) is 17.3 Å². The number of non-ortho nitro benzene ring substituents is 1. The molecular weight excluding hydrogens is 258 g/mol. The molecule has 0 aliphatic heterocycles. The lowest BCUT2D eigenvalue weighted by Crippen LogP contribution is -2.12. The van der Waals surface area contributed by atoms with Crippen LogP contribution < -0.4 is 4.74 Å². The standard InChI is InChI=1S/C15H13NO4/c1-11-9-13(16(18)19)7-8-15(11)20-10-14(17)12-5-3-2-4-6-12/h2-9H,10H2,1H3. The van der Waals surface area contributed by atoms with Gasteiger partial charge in [0, 0.05) is 17.7 Å². The van der Waals surface area contributed by atoms with Gasteiger partial charge in [0.25, 0.3) is 5.69 Å². The highest BCUT2D eigenvalue weighted by atomic mass is 16.6. The molecule has 2 aromatic carbocycles. The molecule has 102 valence electrons. The van der Waals surface area contributed by atoms with Crippen molar-refractivity contribution in [1.29, 1.82) is 0 Å². The molecule has 0 heterocycles. The minimum Gasteiger partial charge on any atom is -0.485 e. The summed E-state index contributed by atoms with van der Waals surface area (Å²) in [7, 11) is 0. The summed E-state index contributed by atoms with van der Waals surface area (Å²) in [6.07, 6.45) is 0. The summed E-state index contributed by atoms with van der Waals surface area (Å²) in [5.74, 6) is 0.336. The molecule has 0 fully saturated rings. The number of nitrogens with zero attached hydrogens (tertiary/aromatic N) is 1. The first-order chi connectivity index (χ1) is 9.58. The number of rotatable bonds is 5. The van der Waals surface area contributed by atoms with Crippen LogP contribution in [-0.2, 0) is 0 Å². The fourth-order valence-corrected chi connectivity index (χ4v) is 1.76. The van der Waals surface area contributed by atoms with Crippen LogP contribution in [0.2, 0.25) is 0 Å². The van der Waals surface area contributed by atoms with E-state index in [1.807, 2.05) is 6.07 Å². The van der Waals surface area contributed by atoms with Crippen LogP contribution in [0, 0.1) is 17.0 Å². The Morgan fingerprint density at radius 2 is 1.90 bits per heavy atom. The van der Waals surface area contributed by atoms with E-state index in [0.29, 0.717) is 16.9 Å². The van der Waals surface area contributed by atoms with Crippen LogP contribution in [0.3, 0.4) is 0 Å². The van der Waals surface area contributed by atoms with Crippen molar-refractivity contribution in [2.75, 3.05) is 6.61 Å². The summed E-state index contributed by atoms with van der Waals surface area (Å²) in [5.41, 5.74) is 1.20. The minimum atomic E-state index is -0.466. The van der Waals surface area contributed by atoms with Crippen LogP contribution in [0.5, 0.6) is 5.75 Å². The molecular formula is C15H13NO4. The third-order valence-corrected chi connectivity index (χ3v) is 2.82. The topological polar surface area (TPSA) is 69.4 Å². The molecule has 0 amide bonds.